The molecule has 0 aliphatic heterocycles. The number of hydrogen-bond donors (Lipinski definition) is 1. The summed E-state index contributed by atoms with van der Waals surface area (Å²) in [4.78, 5) is 24.8. The molecule has 2 unspecified atom stereocenters. The van der Waals surface area contributed by atoms with Crippen molar-refractivity contribution in [1.29, 1.82) is 0 Å². The molecule has 0 heterocycles. The molecule has 1 saturated carbocycles. The highest BCUT2D eigenvalue weighted by atomic mass is 16.3. The van der Waals surface area contributed by atoms with E-state index >= 15 is 0 Å². The van der Waals surface area contributed by atoms with Crippen molar-refractivity contribution in [2.24, 2.45) is 22.7 Å². The van der Waals surface area contributed by atoms with Gasteiger partial charge in [0, 0.05) is 22.7 Å². The first-order valence-electron chi connectivity index (χ1n) is 6.71. The predicted molar refractivity (Wildman–Crippen MR) is 71.1 cm³/mol. The standard InChI is InChI=1S/C15H26O3/c1-14(2,3)12(17)10-7-9(16)8-11(10)13(18)15(4,5)6/h9-11,16H,7-8H2,1-6H3. The van der Waals surface area contributed by atoms with Crippen LogP contribution in [0.15, 0.2) is 0 Å². The maximum absolute atomic E-state index is 12.4. The lowest BCUT2D eigenvalue weighted by molar-refractivity contribution is -0.139. The van der Waals surface area contributed by atoms with Crippen LogP contribution in [0, 0.1) is 22.7 Å². The number of aliphatic hydroxyl groups is 1. The van der Waals surface area contributed by atoms with Gasteiger partial charge in [0.05, 0.1) is 6.10 Å². The summed E-state index contributed by atoms with van der Waals surface area (Å²) < 4.78 is 0. The van der Waals surface area contributed by atoms with Crippen molar-refractivity contribution >= 4 is 11.6 Å². The average Bonchev–Trinajstić information content (AvgIpc) is 2.54. The topological polar surface area (TPSA) is 54.4 Å². The second kappa shape index (κ2) is 4.76. The van der Waals surface area contributed by atoms with E-state index in [1.165, 1.54) is 0 Å². The van der Waals surface area contributed by atoms with Crippen LogP contribution in [0.1, 0.15) is 54.4 Å². The number of ketones is 2. The van der Waals surface area contributed by atoms with Crippen LogP contribution in [-0.2, 0) is 9.59 Å². The minimum atomic E-state index is -0.516. The fraction of sp³-hybridized carbons (Fsp3) is 0.867. The Balaban J connectivity index is 2.97. The quantitative estimate of drug-likeness (QED) is 0.824. The van der Waals surface area contributed by atoms with Gasteiger partial charge in [-0.15, -0.1) is 0 Å². The van der Waals surface area contributed by atoms with Gasteiger partial charge in [-0.05, 0) is 12.8 Å². The van der Waals surface area contributed by atoms with E-state index in [1.54, 1.807) is 0 Å². The van der Waals surface area contributed by atoms with Gasteiger partial charge in [-0.25, -0.2) is 0 Å². The van der Waals surface area contributed by atoms with Gasteiger partial charge in [0.25, 0.3) is 0 Å². The third-order valence-electron chi connectivity index (χ3n) is 3.69. The number of carbonyl (C=O) groups excluding carboxylic acids is 2. The Morgan fingerprint density at radius 2 is 1.11 bits per heavy atom. The molecule has 1 N–H and O–H groups in total. The SMILES string of the molecule is CC(C)(C)C(=O)C1CC(O)CC1C(=O)C(C)(C)C. The van der Waals surface area contributed by atoms with Crippen LogP contribution in [0.5, 0.6) is 0 Å². The van der Waals surface area contributed by atoms with E-state index in [0.29, 0.717) is 12.8 Å². The molecule has 1 fully saturated rings. The number of Topliss-reactive ketones (excluding diaryl/α,β-unsaturated/α-hetero) is 2. The monoisotopic (exact) mass is 254 g/mol. The smallest absolute Gasteiger partial charge is 0.142 e. The molecule has 1 rings (SSSR count). The zero-order valence-corrected chi connectivity index (χ0v) is 12.4. The maximum atomic E-state index is 12.4. The molecule has 1 aliphatic carbocycles. The Morgan fingerprint density at radius 1 is 0.833 bits per heavy atom. The van der Waals surface area contributed by atoms with Crippen molar-refractivity contribution in [3.8, 4) is 0 Å². The molecule has 0 aromatic carbocycles. The first-order valence-corrected chi connectivity index (χ1v) is 6.71. The molecule has 18 heavy (non-hydrogen) atoms. The normalized spacial score (nSPS) is 29.4. The molecule has 0 bridgehead atoms. The van der Waals surface area contributed by atoms with Gasteiger partial charge < -0.3 is 5.11 Å². The van der Waals surface area contributed by atoms with Crippen LogP contribution in [0.4, 0.5) is 0 Å². The predicted octanol–water partition coefficient (Wildman–Crippen LogP) is 2.60. The van der Waals surface area contributed by atoms with Gasteiger partial charge in [0.1, 0.15) is 11.6 Å². The highest BCUT2D eigenvalue weighted by Gasteiger charge is 2.47. The summed E-state index contributed by atoms with van der Waals surface area (Å²) in [5.41, 5.74) is -0.906. The van der Waals surface area contributed by atoms with Crippen molar-refractivity contribution in [3.63, 3.8) is 0 Å². The van der Waals surface area contributed by atoms with Gasteiger partial charge in [0.15, 0.2) is 0 Å². The van der Waals surface area contributed by atoms with Crippen LogP contribution < -0.4 is 0 Å². The number of carbonyl (C=O) groups is 2. The van der Waals surface area contributed by atoms with Crippen molar-refractivity contribution in [2.75, 3.05) is 0 Å². The first-order chi connectivity index (χ1) is 7.94. The number of aliphatic hydroxyl groups excluding tert-OH is 1. The summed E-state index contributed by atoms with van der Waals surface area (Å²) in [5, 5.41) is 9.79. The molecular weight excluding hydrogens is 228 g/mol. The third-order valence-corrected chi connectivity index (χ3v) is 3.69. The van der Waals surface area contributed by atoms with Gasteiger partial charge in [-0.1, -0.05) is 41.5 Å². The van der Waals surface area contributed by atoms with E-state index in [-0.39, 0.29) is 23.4 Å². The maximum Gasteiger partial charge on any atom is 0.142 e. The zero-order valence-electron chi connectivity index (χ0n) is 12.4. The summed E-state index contributed by atoms with van der Waals surface area (Å²) >= 11 is 0. The minimum absolute atomic E-state index is 0.0988. The Labute approximate surface area is 110 Å². The lowest BCUT2D eigenvalue weighted by atomic mass is 9.73. The molecule has 104 valence electrons. The summed E-state index contributed by atoms with van der Waals surface area (Å²) in [7, 11) is 0. The first kappa shape index (κ1) is 15.4. The fourth-order valence-corrected chi connectivity index (χ4v) is 2.70. The summed E-state index contributed by atoms with van der Waals surface area (Å²) in [6.45, 7) is 11.2. The van der Waals surface area contributed by atoms with E-state index < -0.39 is 16.9 Å². The molecule has 0 saturated heterocycles. The summed E-state index contributed by atoms with van der Waals surface area (Å²) in [6, 6.07) is 0. The van der Waals surface area contributed by atoms with Crippen LogP contribution in [0.25, 0.3) is 0 Å². The summed E-state index contributed by atoms with van der Waals surface area (Å²) in [5.74, 6) is -0.429. The average molecular weight is 254 g/mol. The Morgan fingerprint density at radius 3 is 1.33 bits per heavy atom. The van der Waals surface area contributed by atoms with E-state index in [1.807, 2.05) is 41.5 Å². The Bertz CT molecular complexity index is 310. The summed E-state index contributed by atoms with van der Waals surface area (Å²) in [6.07, 6.45) is 0.350. The van der Waals surface area contributed by atoms with Gasteiger partial charge in [0.2, 0.25) is 0 Å². The molecule has 1 aliphatic rings. The highest BCUT2D eigenvalue weighted by Crippen LogP contribution is 2.40. The van der Waals surface area contributed by atoms with Crippen molar-refractivity contribution in [2.45, 2.75) is 60.5 Å². The van der Waals surface area contributed by atoms with Crippen LogP contribution >= 0.6 is 0 Å². The molecule has 0 amide bonds. The van der Waals surface area contributed by atoms with E-state index in [4.69, 9.17) is 0 Å². The van der Waals surface area contributed by atoms with Gasteiger partial charge >= 0.3 is 0 Å². The second-order valence-electron chi connectivity index (χ2n) is 7.57. The van der Waals surface area contributed by atoms with Crippen LogP contribution in [0.3, 0.4) is 0 Å². The molecule has 2 atom stereocenters. The van der Waals surface area contributed by atoms with Gasteiger partial charge in [-0.2, -0.15) is 0 Å². The highest BCUT2D eigenvalue weighted by molar-refractivity contribution is 5.94. The Kier molecular flexibility index (Phi) is 4.06. The van der Waals surface area contributed by atoms with E-state index in [9.17, 15) is 14.7 Å². The van der Waals surface area contributed by atoms with Crippen molar-refractivity contribution in [1.82, 2.24) is 0 Å². The number of hydrogen-bond acceptors (Lipinski definition) is 3. The molecule has 0 aromatic heterocycles. The van der Waals surface area contributed by atoms with Gasteiger partial charge in [-0.3, -0.25) is 9.59 Å². The van der Waals surface area contributed by atoms with Crippen molar-refractivity contribution in [3.05, 3.63) is 0 Å². The molecule has 0 radical (unpaired) electrons. The molecule has 3 nitrogen and oxygen atoms in total. The third kappa shape index (κ3) is 3.19. The second-order valence-corrected chi connectivity index (χ2v) is 7.57. The molecular formula is C15H26O3. The molecule has 0 aromatic rings. The minimum Gasteiger partial charge on any atom is -0.393 e. The number of rotatable bonds is 2. The lowest BCUT2D eigenvalue weighted by Gasteiger charge is -2.29. The lowest BCUT2D eigenvalue weighted by Crippen LogP contribution is -2.37. The van der Waals surface area contributed by atoms with E-state index in [0.717, 1.165) is 0 Å². The largest absolute Gasteiger partial charge is 0.393 e. The zero-order chi connectivity index (χ0) is 14.3. The Hall–Kier alpha value is -0.700. The van der Waals surface area contributed by atoms with Crippen LogP contribution in [-0.4, -0.2) is 22.8 Å². The fourth-order valence-electron chi connectivity index (χ4n) is 2.70. The molecule has 0 spiro atoms. The van der Waals surface area contributed by atoms with E-state index in [2.05, 4.69) is 0 Å². The molecule has 3 heteroatoms. The van der Waals surface area contributed by atoms with Crippen LogP contribution in [0.2, 0.25) is 0 Å². The van der Waals surface area contributed by atoms with Crippen molar-refractivity contribution < 1.29 is 14.7 Å².